The molecule has 5 rings (SSSR count). The fourth-order valence-corrected chi connectivity index (χ4v) is 4.18. The number of para-hydroxylation sites is 1. The number of fused-ring (bicyclic) bond motifs is 1. The number of phenolic OH excluding ortho intramolecular Hbond substituents is 1. The van der Waals surface area contributed by atoms with Gasteiger partial charge in [-0.3, -0.25) is 14.6 Å². The number of ether oxygens (including phenoxy) is 1. The van der Waals surface area contributed by atoms with Crippen molar-refractivity contribution in [2.24, 2.45) is 0 Å². The minimum absolute atomic E-state index is 0.0246. The van der Waals surface area contributed by atoms with Crippen LogP contribution in [0.25, 0.3) is 11.0 Å². The number of furan rings is 1. The number of carbonyl (C=O) groups is 2. The number of aliphatic hydroxyl groups excluding tert-OH is 1. The molecule has 8 nitrogen and oxygen atoms in total. The Hall–Kier alpha value is -4.59. The van der Waals surface area contributed by atoms with Gasteiger partial charge in [-0.25, -0.2) is 0 Å². The number of hydrogen-bond acceptors (Lipinski definition) is 7. The van der Waals surface area contributed by atoms with E-state index in [1.807, 2.05) is 0 Å². The standard InChI is InChI=1S/C26H20N2O6/c1-33-19-4-2-3-17-13-20(34-25(17)19)23(30)21-22(16-5-7-18(29)8-6-16)28(26(32)24(21)31)14-15-9-11-27-12-10-15/h2-13,22,29,31H,14H2,1H3. The highest BCUT2D eigenvalue weighted by molar-refractivity contribution is 6.16. The Labute approximate surface area is 194 Å². The zero-order chi connectivity index (χ0) is 23.8. The number of rotatable bonds is 6. The van der Waals surface area contributed by atoms with Gasteiger partial charge < -0.3 is 24.3 Å². The van der Waals surface area contributed by atoms with E-state index in [1.54, 1.807) is 60.9 Å². The highest BCUT2D eigenvalue weighted by Gasteiger charge is 2.44. The van der Waals surface area contributed by atoms with Crippen molar-refractivity contribution in [3.05, 3.63) is 101 Å². The third-order valence-electron chi connectivity index (χ3n) is 5.81. The molecule has 2 N–H and O–H groups in total. The van der Waals surface area contributed by atoms with Crippen molar-refractivity contribution >= 4 is 22.7 Å². The van der Waals surface area contributed by atoms with Crippen molar-refractivity contribution in [2.45, 2.75) is 12.6 Å². The summed E-state index contributed by atoms with van der Waals surface area (Å²) in [5, 5.41) is 21.2. The highest BCUT2D eigenvalue weighted by Crippen LogP contribution is 2.41. The van der Waals surface area contributed by atoms with Crippen LogP contribution in [0.1, 0.15) is 27.7 Å². The molecule has 1 aliphatic heterocycles. The molecule has 170 valence electrons. The molecule has 1 unspecified atom stereocenters. The normalized spacial score (nSPS) is 15.9. The second kappa shape index (κ2) is 8.40. The summed E-state index contributed by atoms with van der Waals surface area (Å²) in [6.45, 7) is 0.141. The minimum Gasteiger partial charge on any atom is -0.508 e. The summed E-state index contributed by atoms with van der Waals surface area (Å²) in [5.41, 5.74) is 1.64. The molecule has 0 radical (unpaired) electrons. The summed E-state index contributed by atoms with van der Waals surface area (Å²) in [5.74, 6) is -1.44. The van der Waals surface area contributed by atoms with E-state index in [0.717, 1.165) is 5.56 Å². The Morgan fingerprint density at radius 1 is 1.09 bits per heavy atom. The quantitative estimate of drug-likeness (QED) is 0.416. The molecule has 0 aliphatic carbocycles. The first-order valence-corrected chi connectivity index (χ1v) is 10.5. The first-order valence-electron chi connectivity index (χ1n) is 10.5. The van der Waals surface area contributed by atoms with Gasteiger partial charge in [-0.05, 0) is 47.5 Å². The van der Waals surface area contributed by atoms with Gasteiger partial charge in [0.2, 0.25) is 5.78 Å². The molecule has 1 atom stereocenters. The van der Waals surface area contributed by atoms with Crippen molar-refractivity contribution in [2.75, 3.05) is 7.11 Å². The summed E-state index contributed by atoms with van der Waals surface area (Å²) in [4.78, 5) is 32.2. The SMILES string of the molecule is COc1cccc2cc(C(=O)C3=C(O)C(=O)N(Cc4ccncc4)C3c3ccc(O)cc3)oc12. The fourth-order valence-electron chi connectivity index (χ4n) is 4.18. The third kappa shape index (κ3) is 3.55. The molecule has 4 aromatic rings. The topological polar surface area (TPSA) is 113 Å². The van der Waals surface area contributed by atoms with E-state index < -0.39 is 23.5 Å². The van der Waals surface area contributed by atoms with Gasteiger partial charge in [0.25, 0.3) is 5.91 Å². The van der Waals surface area contributed by atoms with Gasteiger partial charge in [0.15, 0.2) is 22.9 Å². The number of benzene rings is 2. The summed E-state index contributed by atoms with van der Waals surface area (Å²) < 4.78 is 11.1. The number of ketones is 1. The van der Waals surface area contributed by atoms with E-state index in [-0.39, 0.29) is 23.6 Å². The van der Waals surface area contributed by atoms with Crippen molar-refractivity contribution in [3.8, 4) is 11.5 Å². The van der Waals surface area contributed by atoms with E-state index in [4.69, 9.17) is 9.15 Å². The molecule has 1 amide bonds. The van der Waals surface area contributed by atoms with Crippen LogP contribution in [-0.2, 0) is 11.3 Å². The van der Waals surface area contributed by atoms with E-state index in [0.29, 0.717) is 22.3 Å². The number of hydrogen-bond donors (Lipinski definition) is 2. The van der Waals surface area contributed by atoms with Gasteiger partial charge in [-0.1, -0.05) is 24.3 Å². The first kappa shape index (κ1) is 21.3. The van der Waals surface area contributed by atoms with Gasteiger partial charge in [0.05, 0.1) is 18.7 Å². The van der Waals surface area contributed by atoms with E-state index >= 15 is 0 Å². The van der Waals surface area contributed by atoms with Crippen LogP contribution in [0.2, 0.25) is 0 Å². The van der Waals surface area contributed by atoms with Gasteiger partial charge in [0, 0.05) is 24.3 Å². The van der Waals surface area contributed by atoms with E-state index in [2.05, 4.69) is 4.98 Å². The number of Topliss-reactive ketones (excluding diaryl/α,β-unsaturated/α-hetero) is 1. The fraction of sp³-hybridized carbons (Fsp3) is 0.115. The monoisotopic (exact) mass is 456 g/mol. The largest absolute Gasteiger partial charge is 0.508 e. The number of aromatic nitrogens is 1. The maximum absolute atomic E-state index is 13.6. The lowest BCUT2D eigenvalue weighted by Gasteiger charge is -2.26. The van der Waals surface area contributed by atoms with Crippen LogP contribution >= 0.6 is 0 Å². The number of nitrogens with zero attached hydrogens (tertiary/aromatic N) is 2. The smallest absolute Gasteiger partial charge is 0.290 e. The lowest BCUT2D eigenvalue weighted by Crippen LogP contribution is -2.30. The molecular formula is C26H20N2O6. The van der Waals surface area contributed by atoms with Crippen LogP contribution in [0.3, 0.4) is 0 Å². The van der Waals surface area contributed by atoms with Crippen molar-refractivity contribution in [1.29, 1.82) is 0 Å². The molecule has 1 aliphatic rings. The molecular weight excluding hydrogens is 436 g/mol. The second-order valence-electron chi connectivity index (χ2n) is 7.86. The molecule has 3 heterocycles. The van der Waals surface area contributed by atoms with Gasteiger partial charge in [-0.2, -0.15) is 0 Å². The van der Waals surface area contributed by atoms with Crippen LogP contribution in [0.5, 0.6) is 11.5 Å². The summed E-state index contributed by atoms with van der Waals surface area (Å²) in [6.07, 6.45) is 3.21. The predicted molar refractivity (Wildman–Crippen MR) is 122 cm³/mol. The first-order chi connectivity index (χ1) is 16.5. The molecule has 34 heavy (non-hydrogen) atoms. The Morgan fingerprint density at radius 2 is 1.82 bits per heavy atom. The second-order valence-corrected chi connectivity index (χ2v) is 7.86. The number of aromatic hydroxyl groups is 1. The number of carbonyl (C=O) groups excluding carboxylic acids is 2. The maximum atomic E-state index is 13.6. The van der Waals surface area contributed by atoms with Crippen LogP contribution in [0.4, 0.5) is 0 Å². The molecule has 0 bridgehead atoms. The lowest BCUT2D eigenvalue weighted by atomic mass is 9.94. The van der Waals surface area contributed by atoms with Gasteiger partial charge >= 0.3 is 0 Å². The van der Waals surface area contributed by atoms with Gasteiger partial charge in [0.1, 0.15) is 5.75 Å². The zero-order valence-corrected chi connectivity index (χ0v) is 18.1. The summed E-state index contributed by atoms with van der Waals surface area (Å²) in [6, 6.07) is 15.6. The molecule has 0 spiro atoms. The number of pyridine rings is 1. The van der Waals surface area contributed by atoms with Crippen LogP contribution in [0, 0.1) is 0 Å². The molecule has 2 aromatic carbocycles. The highest BCUT2D eigenvalue weighted by atomic mass is 16.5. The van der Waals surface area contributed by atoms with Crippen LogP contribution in [0.15, 0.2) is 88.8 Å². The number of phenols is 1. The average Bonchev–Trinajstić information content (AvgIpc) is 3.40. The summed E-state index contributed by atoms with van der Waals surface area (Å²) in [7, 11) is 1.50. The Kier molecular flexibility index (Phi) is 5.25. The minimum atomic E-state index is -0.885. The van der Waals surface area contributed by atoms with Crippen LogP contribution in [-0.4, -0.2) is 38.9 Å². The predicted octanol–water partition coefficient (Wildman–Crippen LogP) is 4.32. The molecule has 0 fully saturated rings. The van der Waals surface area contributed by atoms with Crippen molar-refractivity contribution < 1.29 is 29.0 Å². The van der Waals surface area contributed by atoms with Crippen molar-refractivity contribution in [1.82, 2.24) is 9.88 Å². The molecule has 0 saturated heterocycles. The zero-order valence-electron chi connectivity index (χ0n) is 18.1. The number of methoxy groups -OCH3 is 1. The van der Waals surface area contributed by atoms with Crippen molar-refractivity contribution in [3.63, 3.8) is 0 Å². The average molecular weight is 456 g/mol. The number of aliphatic hydroxyl groups is 1. The Balaban J connectivity index is 1.60. The van der Waals surface area contributed by atoms with E-state index in [9.17, 15) is 19.8 Å². The molecule has 0 saturated carbocycles. The maximum Gasteiger partial charge on any atom is 0.290 e. The summed E-state index contributed by atoms with van der Waals surface area (Å²) >= 11 is 0. The lowest BCUT2D eigenvalue weighted by molar-refractivity contribution is -0.130. The Bertz CT molecular complexity index is 1420. The number of amides is 1. The van der Waals surface area contributed by atoms with Crippen LogP contribution < -0.4 is 4.74 Å². The molecule has 2 aromatic heterocycles. The Morgan fingerprint density at radius 3 is 2.53 bits per heavy atom. The van der Waals surface area contributed by atoms with Gasteiger partial charge in [-0.15, -0.1) is 0 Å². The molecule has 8 heteroatoms. The third-order valence-corrected chi connectivity index (χ3v) is 5.81. The van der Waals surface area contributed by atoms with E-state index in [1.165, 1.54) is 24.1 Å².